The van der Waals surface area contributed by atoms with Gasteiger partial charge in [-0.3, -0.25) is 14.9 Å². The van der Waals surface area contributed by atoms with Crippen LogP contribution in [-0.4, -0.2) is 31.0 Å². The molecular formula is C19H19FN6O3. The number of anilines is 1. The van der Waals surface area contributed by atoms with Gasteiger partial charge < -0.3 is 5.32 Å². The molecule has 3 rings (SSSR count). The fraction of sp³-hybridized carbons (Fsp3) is 0.263. The van der Waals surface area contributed by atoms with Gasteiger partial charge in [-0.2, -0.15) is 0 Å². The van der Waals surface area contributed by atoms with E-state index in [1.54, 1.807) is 31.2 Å². The van der Waals surface area contributed by atoms with Gasteiger partial charge in [0.2, 0.25) is 5.91 Å². The molecule has 1 unspecified atom stereocenters. The molecule has 0 radical (unpaired) electrons. The quantitative estimate of drug-likeness (QED) is 0.483. The molecular weight excluding hydrogens is 379 g/mol. The highest BCUT2D eigenvalue weighted by Crippen LogP contribution is 2.25. The van der Waals surface area contributed by atoms with Crippen molar-refractivity contribution in [1.82, 2.24) is 20.2 Å². The molecule has 0 saturated carbocycles. The monoisotopic (exact) mass is 398 g/mol. The first kappa shape index (κ1) is 20.1. The zero-order valence-electron chi connectivity index (χ0n) is 15.9. The Morgan fingerprint density at radius 3 is 2.59 bits per heavy atom. The Kier molecular flexibility index (Phi) is 5.91. The molecule has 9 nitrogen and oxygen atoms in total. The van der Waals surface area contributed by atoms with E-state index in [1.807, 2.05) is 6.92 Å². The maximum absolute atomic E-state index is 13.2. The van der Waals surface area contributed by atoms with Crippen LogP contribution in [0.2, 0.25) is 0 Å². The number of halogens is 1. The lowest BCUT2D eigenvalue weighted by Crippen LogP contribution is -2.29. The molecule has 1 N–H and O–H groups in total. The minimum atomic E-state index is -0.819. The predicted octanol–water partition coefficient (Wildman–Crippen LogP) is 3.01. The predicted molar refractivity (Wildman–Crippen MR) is 103 cm³/mol. The van der Waals surface area contributed by atoms with E-state index in [2.05, 4.69) is 20.8 Å². The number of carbonyl (C=O) groups excluding carboxylic acids is 1. The summed E-state index contributed by atoms with van der Waals surface area (Å²) in [7, 11) is 0. The number of hydrogen-bond donors (Lipinski definition) is 1. The molecule has 1 atom stereocenters. The first-order valence-corrected chi connectivity index (χ1v) is 8.96. The zero-order valence-corrected chi connectivity index (χ0v) is 15.9. The molecule has 0 bridgehead atoms. The summed E-state index contributed by atoms with van der Waals surface area (Å²) in [6.07, 6.45) is 0.717. The molecule has 0 aliphatic rings. The van der Waals surface area contributed by atoms with Crippen LogP contribution < -0.4 is 5.32 Å². The third-order valence-corrected chi connectivity index (χ3v) is 4.53. The van der Waals surface area contributed by atoms with Crippen LogP contribution in [0.4, 0.5) is 15.8 Å². The molecule has 0 spiro atoms. The second-order valence-corrected chi connectivity index (χ2v) is 6.46. The topological polar surface area (TPSA) is 116 Å². The molecule has 10 heteroatoms. The minimum absolute atomic E-state index is 0.0565. The first-order chi connectivity index (χ1) is 13.9. The van der Waals surface area contributed by atoms with Crippen LogP contribution in [0.15, 0.2) is 42.5 Å². The Hall–Kier alpha value is -3.69. The summed E-state index contributed by atoms with van der Waals surface area (Å²) in [6, 6.07) is 9.52. The van der Waals surface area contributed by atoms with Crippen molar-refractivity contribution in [3.63, 3.8) is 0 Å². The summed E-state index contributed by atoms with van der Waals surface area (Å²) < 4.78 is 14.6. The maximum atomic E-state index is 13.2. The second-order valence-electron chi connectivity index (χ2n) is 6.46. The van der Waals surface area contributed by atoms with Gasteiger partial charge in [0.25, 0.3) is 5.69 Å². The molecule has 150 valence electrons. The number of rotatable bonds is 7. The van der Waals surface area contributed by atoms with Gasteiger partial charge in [-0.25, -0.2) is 9.07 Å². The van der Waals surface area contributed by atoms with Gasteiger partial charge in [-0.15, -0.1) is 5.10 Å². The summed E-state index contributed by atoms with van der Waals surface area (Å²) in [5.74, 6) is -0.389. The van der Waals surface area contributed by atoms with Crippen molar-refractivity contribution in [2.24, 2.45) is 0 Å². The van der Waals surface area contributed by atoms with Crippen LogP contribution in [0.25, 0.3) is 0 Å². The fourth-order valence-corrected chi connectivity index (χ4v) is 3.00. The van der Waals surface area contributed by atoms with Crippen LogP contribution in [0, 0.1) is 22.9 Å². The molecule has 2 aromatic carbocycles. The molecule has 29 heavy (non-hydrogen) atoms. The van der Waals surface area contributed by atoms with Gasteiger partial charge in [-0.05, 0) is 47.5 Å². The number of nitro groups is 1. The lowest BCUT2D eigenvalue weighted by atomic mass is 10.0. The van der Waals surface area contributed by atoms with Crippen molar-refractivity contribution in [1.29, 1.82) is 0 Å². The highest BCUT2D eigenvalue weighted by atomic mass is 19.1. The van der Waals surface area contributed by atoms with E-state index in [0.29, 0.717) is 29.1 Å². The number of benzene rings is 2. The molecule has 0 saturated heterocycles. The van der Waals surface area contributed by atoms with Crippen LogP contribution in [0.1, 0.15) is 29.9 Å². The van der Waals surface area contributed by atoms with Crippen LogP contribution in [-0.2, 0) is 17.6 Å². The van der Waals surface area contributed by atoms with Crippen molar-refractivity contribution in [2.75, 3.05) is 5.32 Å². The molecule has 0 aliphatic heterocycles. The number of nitro benzene ring substituents is 1. The molecule has 0 fully saturated rings. The third kappa shape index (κ3) is 4.60. The highest BCUT2D eigenvalue weighted by Gasteiger charge is 2.25. The zero-order chi connectivity index (χ0) is 21.0. The van der Waals surface area contributed by atoms with Crippen molar-refractivity contribution >= 4 is 17.3 Å². The largest absolute Gasteiger partial charge is 0.324 e. The second kappa shape index (κ2) is 8.55. The standard InChI is InChI=1S/C19H19FN6O3/c1-3-14-6-9-16(11-17(14)26(28)29)21-19(27)18(25-12(2)22-23-24-25)10-13-4-7-15(20)8-5-13/h4-9,11,18H,3,10H2,1-2H3,(H,21,27). The van der Waals surface area contributed by atoms with E-state index in [0.717, 1.165) is 0 Å². The Labute approximate surface area is 165 Å². The molecule has 0 aliphatic carbocycles. The van der Waals surface area contributed by atoms with Gasteiger partial charge in [0.05, 0.1) is 4.92 Å². The number of amides is 1. The van der Waals surface area contributed by atoms with E-state index >= 15 is 0 Å². The lowest BCUT2D eigenvalue weighted by Gasteiger charge is -2.18. The van der Waals surface area contributed by atoms with Crippen molar-refractivity contribution < 1.29 is 14.1 Å². The number of aryl methyl sites for hydroxylation is 2. The van der Waals surface area contributed by atoms with E-state index in [-0.39, 0.29) is 17.9 Å². The summed E-state index contributed by atoms with van der Waals surface area (Å²) in [5, 5.41) is 25.3. The van der Waals surface area contributed by atoms with Crippen molar-refractivity contribution in [3.8, 4) is 0 Å². The normalized spacial score (nSPS) is 11.8. The van der Waals surface area contributed by atoms with E-state index in [9.17, 15) is 19.3 Å². The Morgan fingerprint density at radius 2 is 2.00 bits per heavy atom. The van der Waals surface area contributed by atoms with Crippen LogP contribution in [0.5, 0.6) is 0 Å². The first-order valence-electron chi connectivity index (χ1n) is 8.96. The van der Waals surface area contributed by atoms with E-state index in [4.69, 9.17) is 0 Å². The number of nitrogens with one attached hydrogen (secondary N) is 1. The average molecular weight is 398 g/mol. The number of tetrazole rings is 1. The van der Waals surface area contributed by atoms with Crippen molar-refractivity contribution in [3.05, 3.63) is 75.3 Å². The smallest absolute Gasteiger partial charge is 0.274 e. The van der Waals surface area contributed by atoms with Gasteiger partial charge in [0.1, 0.15) is 17.7 Å². The van der Waals surface area contributed by atoms with Gasteiger partial charge >= 0.3 is 0 Å². The number of hydrogen-bond acceptors (Lipinski definition) is 6. The van der Waals surface area contributed by atoms with Crippen LogP contribution >= 0.6 is 0 Å². The Morgan fingerprint density at radius 1 is 1.28 bits per heavy atom. The Bertz CT molecular complexity index is 1030. The van der Waals surface area contributed by atoms with Gasteiger partial charge in [0.15, 0.2) is 0 Å². The molecule has 1 aromatic heterocycles. The fourth-order valence-electron chi connectivity index (χ4n) is 3.00. The SMILES string of the molecule is CCc1ccc(NC(=O)C(Cc2ccc(F)cc2)n2nnnc2C)cc1[N+](=O)[O-]. The van der Waals surface area contributed by atoms with E-state index < -0.39 is 16.9 Å². The van der Waals surface area contributed by atoms with E-state index in [1.165, 1.54) is 22.9 Å². The number of nitrogens with zero attached hydrogens (tertiary/aromatic N) is 5. The number of carbonyl (C=O) groups is 1. The molecule has 1 heterocycles. The molecule has 1 amide bonds. The van der Waals surface area contributed by atoms with Crippen molar-refractivity contribution in [2.45, 2.75) is 32.7 Å². The van der Waals surface area contributed by atoms with Crippen LogP contribution in [0.3, 0.4) is 0 Å². The summed E-state index contributed by atoms with van der Waals surface area (Å²) in [5.41, 5.74) is 1.54. The number of aromatic nitrogens is 4. The molecule has 3 aromatic rings. The maximum Gasteiger partial charge on any atom is 0.274 e. The summed E-state index contributed by atoms with van der Waals surface area (Å²) in [6.45, 7) is 3.48. The lowest BCUT2D eigenvalue weighted by molar-refractivity contribution is -0.385. The highest BCUT2D eigenvalue weighted by molar-refractivity contribution is 5.94. The third-order valence-electron chi connectivity index (χ3n) is 4.53. The van der Waals surface area contributed by atoms with Gasteiger partial charge in [0, 0.05) is 23.7 Å². The average Bonchev–Trinajstić information content (AvgIpc) is 3.12. The Balaban J connectivity index is 1.89. The van der Waals surface area contributed by atoms with Gasteiger partial charge in [-0.1, -0.05) is 25.1 Å². The summed E-state index contributed by atoms with van der Waals surface area (Å²) in [4.78, 5) is 23.8. The summed E-state index contributed by atoms with van der Waals surface area (Å²) >= 11 is 0. The minimum Gasteiger partial charge on any atom is -0.324 e.